The van der Waals surface area contributed by atoms with Gasteiger partial charge in [-0.25, -0.2) is 0 Å². The fourth-order valence-electron chi connectivity index (χ4n) is 2.96. The summed E-state index contributed by atoms with van der Waals surface area (Å²) in [5, 5.41) is 0. The van der Waals surface area contributed by atoms with Gasteiger partial charge in [0.05, 0.1) is 13.1 Å². The number of aryl methyl sites for hydroxylation is 1. The molecule has 0 bridgehead atoms. The number of nitrogens with zero attached hydrogens (tertiary/aromatic N) is 2. The molecule has 1 aromatic carbocycles. The zero-order valence-electron chi connectivity index (χ0n) is 16.8. The van der Waals surface area contributed by atoms with Crippen molar-refractivity contribution < 1.29 is 14.0 Å². The van der Waals surface area contributed by atoms with Gasteiger partial charge in [0, 0.05) is 19.0 Å². The summed E-state index contributed by atoms with van der Waals surface area (Å²) >= 11 is 0. The number of rotatable bonds is 9. The third kappa shape index (κ3) is 6.27. The molecule has 1 aromatic heterocycles. The van der Waals surface area contributed by atoms with Gasteiger partial charge in [0.15, 0.2) is 0 Å². The highest BCUT2D eigenvalue weighted by atomic mass is 16.3. The molecule has 0 N–H and O–H groups in total. The number of hydrogen-bond donors (Lipinski definition) is 0. The van der Waals surface area contributed by atoms with Gasteiger partial charge in [0.1, 0.15) is 11.5 Å². The van der Waals surface area contributed by atoms with Gasteiger partial charge in [-0.2, -0.15) is 0 Å². The van der Waals surface area contributed by atoms with Crippen molar-refractivity contribution in [3.8, 4) is 0 Å². The molecule has 0 unspecified atom stereocenters. The number of carbonyl (C=O) groups is 2. The van der Waals surface area contributed by atoms with Crippen LogP contribution >= 0.6 is 0 Å². The van der Waals surface area contributed by atoms with E-state index < -0.39 is 0 Å². The summed E-state index contributed by atoms with van der Waals surface area (Å²) < 4.78 is 5.67. The fraction of sp³-hybridized carbons (Fsp3) is 0.455. The van der Waals surface area contributed by atoms with Crippen molar-refractivity contribution in [2.45, 2.75) is 59.7 Å². The first-order valence-corrected chi connectivity index (χ1v) is 9.57. The summed E-state index contributed by atoms with van der Waals surface area (Å²) in [6.07, 6.45) is 1.23. The summed E-state index contributed by atoms with van der Waals surface area (Å²) in [5.74, 6) is 1.51. The maximum Gasteiger partial charge on any atom is 0.242 e. The Kier molecular flexibility index (Phi) is 7.65. The molecule has 0 saturated carbocycles. The molecule has 0 aliphatic heterocycles. The molecule has 0 atom stereocenters. The molecule has 0 radical (unpaired) electrons. The first-order valence-electron chi connectivity index (χ1n) is 9.57. The summed E-state index contributed by atoms with van der Waals surface area (Å²) in [5.41, 5.74) is 1.05. The molecule has 0 saturated heterocycles. The van der Waals surface area contributed by atoms with Crippen LogP contribution in [0.1, 0.15) is 50.7 Å². The summed E-state index contributed by atoms with van der Waals surface area (Å²) in [4.78, 5) is 28.9. The molecule has 0 spiro atoms. The Labute approximate surface area is 162 Å². The molecule has 2 rings (SSSR count). The van der Waals surface area contributed by atoms with Crippen LogP contribution in [-0.2, 0) is 22.7 Å². The first-order chi connectivity index (χ1) is 12.9. The Morgan fingerprint density at radius 3 is 2.26 bits per heavy atom. The van der Waals surface area contributed by atoms with E-state index in [0.29, 0.717) is 19.5 Å². The van der Waals surface area contributed by atoms with Crippen molar-refractivity contribution in [2.24, 2.45) is 0 Å². The average molecular weight is 370 g/mol. The zero-order valence-corrected chi connectivity index (χ0v) is 16.8. The lowest BCUT2D eigenvalue weighted by Gasteiger charge is -2.30. The Morgan fingerprint density at radius 2 is 1.70 bits per heavy atom. The van der Waals surface area contributed by atoms with Gasteiger partial charge in [-0.15, -0.1) is 0 Å². The number of furan rings is 1. The fourth-order valence-corrected chi connectivity index (χ4v) is 2.96. The minimum Gasteiger partial charge on any atom is -0.464 e. The van der Waals surface area contributed by atoms with E-state index in [-0.39, 0.29) is 24.4 Å². The van der Waals surface area contributed by atoms with Crippen LogP contribution in [0.25, 0.3) is 0 Å². The standard InChI is InChI=1S/C22H30N2O3/c1-5-9-21(25)24(17(2)3)16-22(26)23(14-19-10-7-6-8-11-19)15-20-13-12-18(4)27-20/h6-8,10-13,17H,5,9,14-16H2,1-4H3. The van der Waals surface area contributed by atoms with Gasteiger partial charge in [-0.1, -0.05) is 37.3 Å². The van der Waals surface area contributed by atoms with Crippen molar-refractivity contribution in [3.63, 3.8) is 0 Å². The van der Waals surface area contributed by atoms with Crippen molar-refractivity contribution in [1.29, 1.82) is 0 Å². The van der Waals surface area contributed by atoms with Crippen LogP contribution in [-0.4, -0.2) is 34.2 Å². The van der Waals surface area contributed by atoms with Crippen molar-refractivity contribution in [2.75, 3.05) is 6.54 Å². The van der Waals surface area contributed by atoms with E-state index in [1.54, 1.807) is 9.80 Å². The molecule has 146 valence electrons. The van der Waals surface area contributed by atoms with Crippen molar-refractivity contribution in [1.82, 2.24) is 9.80 Å². The molecule has 1 heterocycles. The molecular formula is C22H30N2O3. The number of amides is 2. The van der Waals surface area contributed by atoms with Gasteiger partial charge < -0.3 is 14.2 Å². The Bertz CT molecular complexity index is 737. The maximum atomic E-state index is 13.1. The zero-order chi connectivity index (χ0) is 19.8. The quantitative estimate of drug-likeness (QED) is 0.666. The van der Waals surface area contributed by atoms with Gasteiger partial charge >= 0.3 is 0 Å². The lowest BCUT2D eigenvalue weighted by Crippen LogP contribution is -2.45. The summed E-state index contributed by atoms with van der Waals surface area (Å²) in [6.45, 7) is 8.69. The van der Waals surface area contributed by atoms with Crippen LogP contribution in [0.4, 0.5) is 0 Å². The highest BCUT2D eigenvalue weighted by Gasteiger charge is 2.23. The normalized spacial score (nSPS) is 10.9. The van der Waals surface area contributed by atoms with E-state index in [9.17, 15) is 9.59 Å². The smallest absolute Gasteiger partial charge is 0.242 e. The molecule has 2 aromatic rings. The Morgan fingerprint density at radius 1 is 1.00 bits per heavy atom. The first kappa shape index (κ1) is 20.7. The summed E-state index contributed by atoms with van der Waals surface area (Å²) in [6, 6.07) is 13.6. The van der Waals surface area contributed by atoms with Gasteiger partial charge in [0.25, 0.3) is 0 Å². The molecule has 2 amide bonds. The van der Waals surface area contributed by atoms with Crippen molar-refractivity contribution in [3.05, 3.63) is 59.5 Å². The van der Waals surface area contributed by atoms with Crippen LogP contribution in [0.5, 0.6) is 0 Å². The molecule has 27 heavy (non-hydrogen) atoms. The van der Waals surface area contributed by atoms with Gasteiger partial charge in [-0.3, -0.25) is 9.59 Å². The van der Waals surface area contributed by atoms with E-state index in [1.165, 1.54) is 0 Å². The SMILES string of the molecule is CCCC(=O)N(CC(=O)N(Cc1ccccc1)Cc1ccc(C)o1)C(C)C. The highest BCUT2D eigenvalue weighted by Crippen LogP contribution is 2.14. The topological polar surface area (TPSA) is 53.8 Å². The highest BCUT2D eigenvalue weighted by molar-refractivity contribution is 5.85. The molecule has 0 fully saturated rings. The predicted octanol–water partition coefficient (Wildman–Crippen LogP) is 4.15. The predicted molar refractivity (Wildman–Crippen MR) is 106 cm³/mol. The van der Waals surface area contributed by atoms with E-state index in [4.69, 9.17) is 4.42 Å². The summed E-state index contributed by atoms with van der Waals surface area (Å²) in [7, 11) is 0. The molecule has 5 nitrogen and oxygen atoms in total. The lowest BCUT2D eigenvalue weighted by atomic mass is 10.2. The Hall–Kier alpha value is -2.56. The third-order valence-electron chi connectivity index (χ3n) is 4.42. The monoisotopic (exact) mass is 370 g/mol. The third-order valence-corrected chi connectivity index (χ3v) is 4.42. The Balaban J connectivity index is 2.17. The van der Waals surface area contributed by atoms with E-state index >= 15 is 0 Å². The maximum absolute atomic E-state index is 13.1. The molecule has 0 aliphatic rings. The number of hydrogen-bond acceptors (Lipinski definition) is 3. The largest absolute Gasteiger partial charge is 0.464 e. The second-order valence-corrected chi connectivity index (χ2v) is 7.11. The van der Waals surface area contributed by atoms with Crippen LogP contribution in [0.15, 0.2) is 46.9 Å². The van der Waals surface area contributed by atoms with Crippen LogP contribution < -0.4 is 0 Å². The van der Waals surface area contributed by atoms with E-state index in [1.807, 2.05) is 70.2 Å². The number of benzene rings is 1. The molecule has 5 heteroatoms. The van der Waals surface area contributed by atoms with Crippen molar-refractivity contribution >= 4 is 11.8 Å². The van der Waals surface area contributed by atoms with Gasteiger partial charge in [0.2, 0.25) is 11.8 Å². The molecular weight excluding hydrogens is 340 g/mol. The minimum atomic E-state index is -0.0777. The second-order valence-electron chi connectivity index (χ2n) is 7.11. The van der Waals surface area contributed by atoms with Crippen LogP contribution in [0, 0.1) is 6.92 Å². The van der Waals surface area contributed by atoms with E-state index in [0.717, 1.165) is 23.5 Å². The second kappa shape index (κ2) is 9.95. The average Bonchev–Trinajstić information content (AvgIpc) is 3.04. The lowest BCUT2D eigenvalue weighted by molar-refractivity contribution is -0.142. The minimum absolute atomic E-state index is 0.0163. The number of carbonyl (C=O) groups excluding carboxylic acids is 2. The van der Waals surface area contributed by atoms with Gasteiger partial charge in [-0.05, 0) is 44.9 Å². The van der Waals surface area contributed by atoms with Crippen LogP contribution in [0.3, 0.4) is 0 Å². The molecule has 0 aliphatic carbocycles. The van der Waals surface area contributed by atoms with E-state index in [2.05, 4.69) is 0 Å². The van der Waals surface area contributed by atoms with Crippen LogP contribution in [0.2, 0.25) is 0 Å².